The first-order valence-corrected chi connectivity index (χ1v) is 12.3. The molecule has 4 heterocycles. The van der Waals surface area contributed by atoms with Gasteiger partial charge in [0, 0.05) is 24.2 Å². The normalized spacial score (nSPS) is 47.8. The lowest BCUT2D eigenvalue weighted by molar-refractivity contribution is -0.138. The highest BCUT2D eigenvalue weighted by Gasteiger charge is 2.70. The Kier molecular flexibility index (Phi) is 3.30. The largest absolute Gasteiger partial charge is 0.386 e. The topological polar surface area (TPSA) is 54.9 Å². The van der Waals surface area contributed by atoms with Gasteiger partial charge in [-0.2, -0.15) is 0 Å². The fourth-order valence-corrected chi connectivity index (χ4v) is 8.54. The second kappa shape index (κ2) is 5.72. The van der Waals surface area contributed by atoms with E-state index >= 15 is 0 Å². The number of nitrogens with zero attached hydrogens (tertiary/aromatic N) is 1. The predicted molar refractivity (Wildman–Crippen MR) is 121 cm³/mol. The molecule has 2 aromatic rings. The molecule has 2 saturated carbocycles. The SMILES string of the molecule is C[C@]12CC=C3C=C4[C@H](O)[C@@H]5O[C@@H]5C[C@]45CC[C@]3(O5)[C@@H]1CC[C@@H]2c1ccc2ccncc2c1. The smallest absolute Gasteiger partial charge is 0.114 e. The monoisotopic (exact) mass is 427 g/mol. The molecule has 2 saturated heterocycles. The van der Waals surface area contributed by atoms with Crippen LogP contribution in [0.5, 0.6) is 0 Å². The van der Waals surface area contributed by atoms with Crippen molar-refractivity contribution in [3.8, 4) is 0 Å². The van der Waals surface area contributed by atoms with E-state index in [2.05, 4.69) is 48.3 Å². The van der Waals surface area contributed by atoms with Crippen molar-refractivity contribution in [1.29, 1.82) is 0 Å². The maximum atomic E-state index is 10.9. The zero-order valence-corrected chi connectivity index (χ0v) is 18.5. The van der Waals surface area contributed by atoms with Gasteiger partial charge in [0.05, 0.1) is 17.3 Å². The van der Waals surface area contributed by atoms with Crippen LogP contribution < -0.4 is 0 Å². The van der Waals surface area contributed by atoms with Crippen molar-refractivity contribution in [2.24, 2.45) is 11.3 Å². The molecule has 1 aromatic heterocycles. The Morgan fingerprint density at radius 3 is 3.00 bits per heavy atom. The van der Waals surface area contributed by atoms with Gasteiger partial charge in [0.1, 0.15) is 12.2 Å². The van der Waals surface area contributed by atoms with E-state index in [1.807, 2.05) is 12.4 Å². The summed E-state index contributed by atoms with van der Waals surface area (Å²) >= 11 is 0. The Morgan fingerprint density at radius 2 is 2.06 bits per heavy atom. The number of aliphatic hydroxyl groups is 1. The molecule has 0 amide bonds. The number of benzene rings is 1. The highest BCUT2D eigenvalue weighted by molar-refractivity contribution is 5.82. The zero-order valence-electron chi connectivity index (χ0n) is 18.5. The first-order valence-electron chi connectivity index (χ1n) is 12.3. The summed E-state index contributed by atoms with van der Waals surface area (Å²) in [6.07, 6.45) is 14.8. The third kappa shape index (κ3) is 2.08. The number of aliphatic hydroxyl groups excluding tert-OH is 1. The van der Waals surface area contributed by atoms with Crippen LogP contribution in [0.4, 0.5) is 0 Å². The van der Waals surface area contributed by atoms with Crippen LogP contribution in [0.3, 0.4) is 0 Å². The van der Waals surface area contributed by atoms with Gasteiger partial charge in [0.25, 0.3) is 0 Å². The molecule has 32 heavy (non-hydrogen) atoms. The van der Waals surface area contributed by atoms with Crippen molar-refractivity contribution in [3.63, 3.8) is 0 Å². The standard InChI is InChI=1S/C28H29NO3/c1-26-8-6-19-13-21-24(30)25-22(31-25)14-27(21)9-10-28(19,32-27)23(26)5-4-20(26)17-3-2-16-7-11-29-15-18(16)12-17/h2-3,6-7,11-13,15,20,22-25,30H,4-5,8-10,14H2,1H3/t20-,22-,23-,24+,25-,26-,27-,28-/m1/s1. The van der Waals surface area contributed by atoms with Gasteiger partial charge in [-0.25, -0.2) is 0 Å². The van der Waals surface area contributed by atoms with Crippen molar-refractivity contribution < 1.29 is 14.6 Å². The molecule has 3 aliphatic carbocycles. The minimum absolute atomic E-state index is 0.00344. The number of hydrogen-bond acceptors (Lipinski definition) is 4. The van der Waals surface area contributed by atoms with Gasteiger partial charge in [-0.3, -0.25) is 4.98 Å². The zero-order chi connectivity index (χ0) is 21.3. The average molecular weight is 428 g/mol. The Balaban J connectivity index is 1.22. The molecule has 1 aromatic carbocycles. The first-order chi connectivity index (χ1) is 15.5. The number of hydrogen-bond donors (Lipinski definition) is 1. The van der Waals surface area contributed by atoms with Gasteiger partial charge in [0.15, 0.2) is 0 Å². The summed E-state index contributed by atoms with van der Waals surface area (Å²) in [6.45, 7) is 2.51. The van der Waals surface area contributed by atoms with Gasteiger partial charge >= 0.3 is 0 Å². The van der Waals surface area contributed by atoms with Crippen molar-refractivity contribution >= 4 is 10.8 Å². The van der Waals surface area contributed by atoms with E-state index in [1.165, 1.54) is 34.8 Å². The van der Waals surface area contributed by atoms with Crippen molar-refractivity contribution in [3.05, 3.63) is 65.5 Å². The number of ether oxygens (including phenoxy) is 2. The lowest BCUT2D eigenvalue weighted by atomic mass is 9.58. The Labute approximate surface area is 188 Å². The molecular formula is C28H29NO3. The van der Waals surface area contributed by atoms with Gasteiger partial charge in [-0.05, 0) is 83.6 Å². The summed E-state index contributed by atoms with van der Waals surface area (Å²) in [5, 5.41) is 13.4. The molecular weight excluding hydrogens is 398 g/mol. The summed E-state index contributed by atoms with van der Waals surface area (Å²) in [4.78, 5) is 4.35. The van der Waals surface area contributed by atoms with Crippen LogP contribution in [0, 0.1) is 11.3 Å². The van der Waals surface area contributed by atoms with Gasteiger partial charge in [-0.1, -0.05) is 31.2 Å². The summed E-state index contributed by atoms with van der Waals surface area (Å²) < 4.78 is 13.0. The van der Waals surface area contributed by atoms with Crippen LogP contribution in [-0.4, -0.2) is 39.6 Å². The molecule has 0 unspecified atom stereocenters. The van der Waals surface area contributed by atoms with Crippen molar-refractivity contribution in [2.45, 2.75) is 80.9 Å². The molecule has 4 nitrogen and oxygen atoms in total. The molecule has 8 atom stereocenters. The van der Waals surface area contributed by atoms with E-state index in [9.17, 15) is 5.11 Å². The Bertz CT molecular complexity index is 1230. The van der Waals surface area contributed by atoms with Crippen LogP contribution in [0.25, 0.3) is 10.8 Å². The van der Waals surface area contributed by atoms with E-state index in [1.54, 1.807) is 0 Å². The van der Waals surface area contributed by atoms with E-state index in [4.69, 9.17) is 9.47 Å². The fraction of sp³-hybridized carbons (Fsp3) is 0.536. The fourth-order valence-electron chi connectivity index (χ4n) is 8.54. The van der Waals surface area contributed by atoms with Crippen molar-refractivity contribution in [2.75, 3.05) is 0 Å². The Hall–Kier alpha value is -2.01. The first kappa shape index (κ1) is 18.4. The molecule has 0 radical (unpaired) electrons. The number of epoxide rings is 1. The average Bonchev–Trinajstić information content (AvgIpc) is 3.39. The summed E-state index contributed by atoms with van der Waals surface area (Å²) in [5.74, 6) is 1.04. The molecule has 3 aliphatic heterocycles. The third-order valence-electron chi connectivity index (χ3n) is 10.1. The maximum Gasteiger partial charge on any atom is 0.114 e. The Morgan fingerprint density at radius 1 is 1.12 bits per heavy atom. The maximum absolute atomic E-state index is 10.9. The molecule has 2 spiro atoms. The van der Waals surface area contributed by atoms with Crippen LogP contribution in [0.1, 0.15) is 56.9 Å². The summed E-state index contributed by atoms with van der Waals surface area (Å²) in [7, 11) is 0. The van der Waals surface area contributed by atoms with Crippen molar-refractivity contribution in [1.82, 2.24) is 4.98 Å². The lowest BCUT2D eigenvalue weighted by Gasteiger charge is -2.54. The second-order valence-electron chi connectivity index (χ2n) is 11.4. The molecule has 4 fully saturated rings. The summed E-state index contributed by atoms with van der Waals surface area (Å²) in [5.41, 5.74) is 3.57. The molecule has 4 heteroatoms. The van der Waals surface area contributed by atoms with Gasteiger partial charge in [0.2, 0.25) is 0 Å². The molecule has 8 rings (SSSR count). The second-order valence-corrected chi connectivity index (χ2v) is 11.4. The van der Waals surface area contributed by atoms with Crippen LogP contribution in [0.2, 0.25) is 0 Å². The highest BCUT2D eigenvalue weighted by Crippen LogP contribution is 2.70. The molecule has 164 valence electrons. The molecule has 1 N–H and O–H groups in total. The number of pyridine rings is 1. The van der Waals surface area contributed by atoms with Crippen LogP contribution in [-0.2, 0) is 9.47 Å². The summed E-state index contributed by atoms with van der Waals surface area (Å²) in [6, 6.07) is 9.07. The number of aromatic nitrogens is 1. The van der Waals surface area contributed by atoms with E-state index in [0.29, 0.717) is 11.8 Å². The minimum Gasteiger partial charge on any atom is -0.386 e. The number of allylic oxidation sites excluding steroid dienone is 1. The van der Waals surface area contributed by atoms with E-state index in [0.717, 1.165) is 31.3 Å². The lowest BCUT2D eigenvalue weighted by Crippen LogP contribution is -2.55. The van der Waals surface area contributed by atoms with Gasteiger partial charge < -0.3 is 14.6 Å². The van der Waals surface area contributed by atoms with Crippen LogP contribution in [0.15, 0.2) is 60.0 Å². The third-order valence-corrected chi connectivity index (χ3v) is 10.1. The number of fused-ring (bicyclic) bond motifs is 3. The predicted octanol–water partition coefficient (Wildman–Crippen LogP) is 4.82. The number of rotatable bonds is 1. The quantitative estimate of drug-likeness (QED) is 0.663. The van der Waals surface area contributed by atoms with Crippen LogP contribution >= 0.6 is 0 Å². The van der Waals surface area contributed by atoms with E-state index in [-0.39, 0.29) is 28.8 Å². The molecule has 2 bridgehead atoms. The van der Waals surface area contributed by atoms with E-state index < -0.39 is 6.10 Å². The minimum atomic E-state index is -0.499. The highest BCUT2D eigenvalue weighted by atomic mass is 16.6. The van der Waals surface area contributed by atoms with Gasteiger partial charge in [-0.15, -0.1) is 0 Å². The molecule has 6 aliphatic rings.